The van der Waals surface area contributed by atoms with Crippen molar-refractivity contribution in [1.29, 1.82) is 0 Å². The van der Waals surface area contributed by atoms with Crippen LogP contribution in [0.3, 0.4) is 0 Å². The molecule has 1 aliphatic rings. The van der Waals surface area contributed by atoms with E-state index in [0.29, 0.717) is 19.8 Å². The molecule has 0 aromatic heterocycles. The maximum Gasteiger partial charge on any atom is 0.227 e. The number of halogens is 2. The molecule has 2 atom stereocenters. The Balaban J connectivity index is 1.93. The second-order valence-corrected chi connectivity index (χ2v) is 5.62. The molecule has 1 aromatic rings. The van der Waals surface area contributed by atoms with E-state index >= 15 is 0 Å². The van der Waals surface area contributed by atoms with Crippen LogP contribution in [0.15, 0.2) is 22.7 Å². The number of carbonyl (C=O) groups excluding carboxylic acids is 1. The Labute approximate surface area is 126 Å². The number of nitrogens with one attached hydrogen (secondary N) is 2. The first-order chi connectivity index (χ1) is 9.61. The van der Waals surface area contributed by atoms with Crippen molar-refractivity contribution in [2.75, 3.05) is 19.8 Å². The van der Waals surface area contributed by atoms with Crippen molar-refractivity contribution in [2.45, 2.75) is 19.5 Å². The zero-order chi connectivity index (χ0) is 14.5. The summed E-state index contributed by atoms with van der Waals surface area (Å²) < 4.78 is 19.3. The predicted molar refractivity (Wildman–Crippen MR) is 77.7 cm³/mol. The molecule has 0 aliphatic carbocycles. The Morgan fingerprint density at radius 2 is 2.30 bits per heavy atom. The molecule has 1 fully saturated rings. The molecule has 1 saturated heterocycles. The van der Waals surface area contributed by atoms with E-state index in [1.807, 2.05) is 6.92 Å². The average Bonchev–Trinajstić information content (AvgIpc) is 2.88. The van der Waals surface area contributed by atoms with E-state index in [2.05, 4.69) is 26.6 Å². The number of hydrogen-bond acceptors (Lipinski definition) is 3. The lowest BCUT2D eigenvalue weighted by Crippen LogP contribution is -2.43. The average molecular weight is 345 g/mol. The van der Waals surface area contributed by atoms with Crippen molar-refractivity contribution in [3.05, 3.63) is 34.1 Å². The lowest BCUT2D eigenvalue weighted by molar-refractivity contribution is -0.125. The summed E-state index contributed by atoms with van der Waals surface area (Å²) in [7, 11) is 0. The van der Waals surface area contributed by atoms with E-state index in [4.69, 9.17) is 4.74 Å². The van der Waals surface area contributed by atoms with Crippen LogP contribution >= 0.6 is 15.9 Å². The Bertz CT molecular complexity index is 484. The van der Waals surface area contributed by atoms with Gasteiger partial charge in [0.2, 0.25) is 5.91 Å². The fraction of sp³-hybridized carbons (Fsp3) is 0.500. The van der Waals surface area contributed by atoms with Crippen LogP contribution in [0.2, 0.25) is 0 Å². The minimum atomic E-state index is -0.313. The molecule has 0 radical (unpaired) electrons. The van der Waals surface area contributed by atoms with Crippen LogP contribution in [0, 0.1) is 11.7 Å². The normalized spacial score (nSPS) is 21.9. The van der Waals surface area contributed by atoms with Gasteiger partial charge in [-0.25, -0.2) is 4.39 Å². The van der Waals surface area contributed by atoms with Gasteiger partial charge in [0.25, 0.3) is 0 Å². The van der Waals surface area contributed by atoms with Gasteiger partial charge in [0.05, 0.1) is 19.1 Å². The van der Waals surface area contributed by atoms with Crippen LogP contribution in [0.4, 0.5) is 4.39 Å². The third kappa shape index (κ3) is 3.77. The van der Waals surface area contributed by atoms with Crippen molar-refractivity contribution >= 4 is 21.8 Å². The molecule has 2 unspecified atom stereocenters. The number of amides is 1. The number of hydrogen-bond donors (Lipinski definition) is 2. The summed E-state index contributed by atoms with van der Waals surface area (Å²) in [5, 5.41) is 6.08. The van der Waals surface area contributed by atoms with Gasteiger partial charge in [0, 0.05) is 17.1 Å². The molecule has 2 rings (SSSR count). The summed E-state index contributed by atoms with van der Waals surface area (Å²) in [4.78, 5) is 12.2. The Morgan fingerprint density at radius 1 is 1.50 bits per heavy atom. The Hall–Kier alpha value is -0.980. The van der Waals surface area contributed by atoms with Crippen LogP contribution in [-0.4, -0.2) is 31.7 Å². The highest BCUT2D eigenvalue weighted by Gasteiger charge is 2.33. The smallest absolute Gasteiger partial charge is 0.227 e. The summed E-state index contributed by atoms with van der Waals surface area (Å²) in [6.07, 6.45) is 0. The standard InChI is InChI=1S/C14H18BrFN2O2/c1-2-17-13-8-20-7-11(13)14(19)18-6-9-5-10(16)3-4-12(9)15/h3-5,11,13,17H,2,6-8H2,1H3,(H,18,19). The van der Waals surface area contributed by atoms with Gasteiger partial charge in [0.15, 0.2) is 0 Å². The van der Waals surface area contributed by atoms with E-state index < -0.39 is 0 Å². The van der Waals surface area contributed by atoms with Gasteiger partial charge in [-0.05, 0) is 30.3 Å². The molecule has 1 amide bonds. The van der Waals surface area contributed by atoms with Crippen LogP contribution < -0.4 is 10.6 Å². The van der Waals surface area contributed by atoms with Gasteiger partial charge in [-0.2, -0.15) is 0 Å². The lowest BCUT2D eigenvalue weighted by Gasteiger charge is -2.18. The topological polar surface area (TPSA) is 50.4 Å². The van der Waals surface area contributed by atoms with Crippen molar-refractivity contribution in [1.82, 2.24) is 10.6 Å². The molecule has 2 N–H and O–H groups in total. The summed E-state index contributed by atoms with van der Waals surface area (Å²) in [6.45, 7) is 4.07. The first kappa shape index (κ1) is 15.4. The predicted octanol–water partition coefficient (Wildman–Crippen LogP) is 1.83. The van der Waals surface area contributed by atoms with E-state index in [9.17, 15) is 9.18 Å². The van der Waals surface area contributed by atoms with Crippen LogP contribution in [0.1, 0.15) is 12.5 Å². The number of benzene rings is 1. The second kappa shape index (κ2) is 7.15. The molecular weight excluding hydrogens is 327 g/mol. The molecule has 6 heteroatoms. The molecule has 110 valence electrons. The van der Waals surface area contributed by atoms with Gasteiger partial charge >= 0.3 is 0 Å². The summed E-state index contributed by atoms with van der Waals surface area (Å²) in [6, 6.07) is 4.48. The molecule has 0 saturated carbocycles. The number of rotatable bonds is 5. The SMILES string of the molecule is CCNC1COCC1C(=O)NCc1cc(F)ccc1Br. The zero-order valence-electron chi connectivity index (χ0n) is 11.3. The summed E-state index contributed by atoms with van der Waals surface area (Å²) in [5.74, 6) is -0.570. The second-order valence-electron chi connectivity index (χ2n) is 4.76. The summed E-state index contributed by atoms with van der Waals surface area (Å²) in [5.41, 5.74) is 0.720. The number of carbonyl (C=O) groups is 1. The van der Waals surface area contributed by atoms with E-state index in [-0.39, 0.29) is 23.7 Å². The number of ether oxygens (including phenoxy) is 1. The fourth-order valence-corrected chi connectivity index (χ4v) is 2.66. The van der Waals surface area contributed by atoms with Gasteiger partial charge in [-0.15, -0.1) is 0 Å². The highest BCUT2D eigenvalue weighted by Crippen LogP contribution is 2.18. The van der Waals surface area contributed by atoms with E-state index in [1.165, 1.54) is 12.1 Å². The first-order valence-electron chi connectivity index (χ1n) is 6.64. The van der Waals surface area contributed by atoms with E-state index in [0.717, 1.165) is 16.6 Å². The molecule has 0 spiro atoms. The Morgan fingerprint density at radius 3 is 3.05 bits per heavy atom. The maximum atomic E-state index is 13.2. The molecular formula is C14H18BrFN2O2. The minimum Gasteiger partial charge on any atom is -0.379 e. The van der Waals surface area contributed by atoms with Gasteiger partial charge in [-0.1, -0.05) is 22.9 Å². The van der Waals surface area contributed by atoms with Crippen molar-refractivity contribution < 1.29 is 13.9 Å². The Kier molecular flexibility index (Phi) is 5.51. The summed E-state index contributed by atoms with van der Waals surface area (Å²) >= 11 is 3.35. The third-order valence-electron chi connectivity index (χ3n) is 3.34. The van der Waals surface area contributed by atoms with Crippen LogP contribution in [0.25, 0.3) is 0 Å². The van der Waals surface area contributed by atoms with Gasteiger partial charge < -0.3 is 15.4 Å². The van der Waals surface area contributed by atoms with E-state index in [1.54, 1.807) is 6.07 Å². The molecule has 1 heterocycles. The third-order valence-corrected chi connectivity index (χ3v) is 4.12. The quantitative estimate of drug-likeness (QED) is 0.856. The van der Waals surface area contributed by atoms with Crippen LogP contribution in [-0.2, 0) is 16.1 Å². The molecule has 1 aliphatic heterocycles. The molecule has 0 bridgehead atoms. The van der Waals surface area contributed by atoms with Crippen molar-refractivity contribution in [2.24, 2.45) is 5.92 Å². The zero-order valence-corrected chi connectivity index (χ0v) is 12.9. The largest absolute Gasteiger partial charge is 0.379 e. The molecule has 1 aromatic carbocycles. The fourth-order valence-electron chi connectivity index (χ4n) is 2.27. The minimum absolute atomic E-state index is 0.0518. The monoisotopic (exact) mass is 344 g/mol. The van der Waals surface area contributed by atoms with Crippen molar-refractivity contribution in [3.8, 4) is 0 Å². The molecule has 4 nitrogen and oxygen atoms in total. The lowest BCUT2D eigenvalue weighted by atomic mass is 10.0. The highest BCUT2D eigenvalue weighted by molar-refractivity contribution is 9.10. The van der Waals surface area contributed by atoms with Crippen LogP contribution in [0.5, 0.6) is 0 Å². The highest BCUT2D eigenvalue weighted by atomic mass is 79.9. The first-order valence-corrected chi connectivity index (χ1v) is 7.44. The van der Waals surface area contributed by atoms with Gasteiger partial charge in [-0.3, -0.25) is 4.79 Å². The van der Waals surface area contributed by atoms with Gasteiger partial charge in [0.1, 0.15) is 5.82 Å². The maximum absolute atomic E-state index is 13.2. The molecule has 20 heavy (non-hydrogen) atoms. The number of likely N-dealkylation sites (N-methyl/N-ethyl adjacent to an activating group) is 1. The van der Waals surface area contributed by atoms with Crippen molar-refractivity contribution in [3.63, 3.8) is 0 Å².